The molecule has 4 amide bonds. The zero-order chi connectivity index (χ0) is 40.2. The molecule has 9 rings (SSSR count). The van der Waals surface area contributed by atoms with Gasteiger partial charge in [-0.15, -0.1) is 11.3 Å². The summed E-state index contributed by atoms with van der Waals surface area (Å²) in [6, 6.07) is 17.6. The van der Waals surface area contributed by atoms with Gasteiger partial charge in [-0.1, -0.05) is 59.1 Å². The number of anilines is 2. The Balaban J connectivity index is 1.14. The van der Waals surface area contributed by atoms with Gasteiger partial charge in [-0.2, -0.15) is 5.10 Å². The molecule has 1 saturated carbocycles. The van der Waals surface area contributed by atoms with E-state index in [0.29, 0.717) is 39.2 Å². The van der Waals surface area contributed by atoms with Gasteiger partial charge in [-0.3, -0.25) is 23.9 Å². The lowest BCUT2D eigenvalue weighted by Crippen LogP contribution is -2.49. The summed E-state index contributed by atoms with van der Waals surface area (Å²) >= 11 is 14.4. The van der Waals surface area contributed by atoms with Gasteiger partial charge in [0.15, 0.2) is 11.5 Å². The number of aryl methyl sites for hydroxylation is 3. The minimum Gasteiger partial charge on any atom is -0.504 e. The molecule has 6 atom stereocenters. The monoisotopic (exact) mass is 820 g/mol. The highest BCUT2D eigenvalue weighted by Gasteiger charge is 2.67. The van der Waals surface area contributed by atoms with E-state index in [1.807, 2.05) is 57.2 Å². The molecule has 5 aromatic rings. The van der Waals surface area contributed by atoms with Crippen LogP contribution in [-0.2, 0) is 26.2 Å². The summed E-state index contributed by atoms with van der Waals surface area (Å²) in [4.78, 5) is 61.9. The van der Waals surface area contributed by atoms with Crippen LogP contribution in [0.15, 0.2) is 78.4 Å². The number of hydrogen-bond donors (Lipinski definition) is 1. The summed E-state index contributed by atoms with van der Waals surface area (Å²) in [6.45, 7) is 5.70. The molecule has 290 valence electrons. The number of imide groups is 2. The van der Waals surface area contributed by atoms with Crippen molar-refractivity contribution in [3.05, 3.63) is 105 Å². The van der Waals surface area contributed by atoms with E-state index < -0.39 is 35.0 Å². The highest BCUT2D eigenvalue weighted by Crippen LogP contribution is 2.61. The zero-order valence-electron chi connectivity index (χ0n) is 31.7. The van der Waals surface area contributed by atoms with E-state index in [0.717, 1.165) is 31.7 Å². The molecule has 3 fully saturated rings. The number of allylic oxidation sites excluding steroid dienone is 3. The molecule has 6 unspecified atom stereocenters. The quantitative estimate of drug-likeness (QED) is 0.134. The summed E-state index contributed by atoms with van der Waals surface area (Å²) in [5.41, 5.74) is 3.20. The van der Waals surface area contributed by atoms with Crippen molar-refractivity contribution >= 4 is 85.8 Å². The first-order valence-electron chi connectivity index (χ1n) is 18.7. The van der Waals surface area contributed by atoms with Crippen LogP contribution in [0.2, 0.25) is 10.0 Å². The molecule has 2 saturated heterocycles. The Morgan fingerprint density at radius 2 is 1.74 bits per heavy atom. The number of aromatic hydroxyl groups is 1. The lowest BCUT2D eigenvalue weighted by atomic mass is 9.52. The summed E-state index contributed by atoms with van der Waals surface area (Å²) in [6.07, 6.45) is 6.31. The molecular weight excluding hydrogens is 783 g/mol. The summed E-state index contributed by atoms with van der Waals surface area (Å²) in [7, 11) is 3.19. The maximum atomic E-state index is 15.1. The minimum absolute atomic E-state index is 0.0123. The lowest BCUT2D eigenvalue weighted by Gasteiger charge is -2.47. The molecule has 3 aromatic carbocycles. The molecule has 0 bridgehead atoms. The molecule has 4 heterocycles. The molecule has 2 aliphatic heterocycles. The van der Waals surface area contributed by atoms with Crippen molar-refractivity contribution in [2.75, 3.05) is 16.9 Å². The van der Waals surface area contributed by atoms with Crippen LogP contribution in [0.5, 0.6) is 11.5 Å². The van der Waals surface area contributed by atoms with Gasteiger partial charge in [0.05, 0.1) is 40.8 Å². The molecular formula is C44H38Cl2N4O6S. The van der Waals surface area contributed by atoms with Crippen LogP contribution in [0.4, 0.5) is 11.5 Å². The Labute approximate surface area is 342 Å². The zero-order valence-corrected chi connectivity index (χ0v) is 34.1. The number of hydrogen-bond acceptors (Lipinski definition) is 8. The maximum Gasteiger partial charge on any atom is 0.242 e. The van der Waals surface area contributed by atoms with Gasteiger partial charge in [0, 0.05) is 33.8 Å². The fraction of sp³-hybridized carbons (Fsp3) is 0.295. The van der Waals surface area contributed by atoms with Crippen molar-refractivity contribution in [2.45, 2.75) is 33.6 Å². The fourth-order valence-electron chi connectivity index (χ4n) is 9.63. The van der Waals surface area contributed by atoms with Crippen LogP contribution in [0.25, 0.3) is 26.7 Å². The molecule has 4 aliphatic rings. The van der Waals surface area contributed by atoms with Gasteiger partial charge in [0.1, 0.15) is 11.5 Å². The number of ether oxygens (including phenoxy) is 1. The molecule has 2 aliphatic carbocycles. The van der Waals surface area contributed by atoms with Crippen LogP contribution >= 0.6 is 34.5 Å². The predicted molar refractivity (Wildman–Crippen MR) is 222 cm³/mol. The average Bonchev–Trinajstić information content (AvgIpc) is 3.86. The van der Waals surface area contributed by atoms with E-state index in [1.54, 1.807) is 59.5 Å². The Kier molecular flexibility index (Phi) is 8.80. The number of aromatic nitrogens is 2. The molecule has 1 N–H and O–H groups in total. The summed E-state index contributed by atoms with van der Waals surface area (Å²) in [5, 5.41) is 17.2. The third-order valence-corrected chi connectivity index (χ3v) is 14.6. The van der Waals surface area contributed by atoms with Crippen molar-refractivity contribution in [1.82, 2.24) is 9.78 Å². The van der Waals surface area contributed by atoms with E-state index >= 15 is 4.79 Å². The SMILES string of the molecule is COc1cc(C=CC2C3=CCC4C(=O)N(c5ccc(C)c(Cl)c5)C(=O)C4C3CC3C(=O)N(c4cc(-c5sc6ccc(Cl)cc6c5C)nn4C)C(=O)C23C)ccc1O. The Bertz CT molecular complexity index is 2660. The number of thiophene rings is 1. The van der Waals surface area contributed by atoms with Crippen molar-refractivity contribution in [1.29, 1.82) is 0 Å². The number of nitrogens with zero attached hydrogens (tertiary/aromatic N) is 4. The first-order chi connectivity index (χ1) is 27.2. The number of phenolic OH excluding ortho intramolecular Hbond substituents is 1. The molecule has 10 nitrogen and oxygen atoms in total. The first kappa shape index (κ1) is 37.4. The average molecular weight is 822 g/mol. The maximum absolute atomic E-state index is 15.1. The second-order valence-electron chi connectivity index (χ2n) is 15.6. The van der Waals surface area contributed by atoms with Crippen LogP contribution in [0, 0.1) is 48.9 Å². The van der Waals surface area contributed by atoms with E-state index in [2.05, 4.69) is 0 Å². The number of phenols is 1. The highest BCUT2D eigenvalue weighted by molar-refractivity contribution is 7.22. The van der Waals surface area contributed by atoms with Crippen LogP contribution in [0.1, 0.15) is 36.5 Å². The van der Waals surface area contributed by atoms with Crippen LogP contribution in [0.3, 0.4) is 0 Å². The third-order valence-electron chi connectivity index (χ3n) is 12.7. The van der Waals surface area contributed by atoms with Crippen LogP contribution in [-0.4, -0.2) is 45.6 Å². The van der Waals surface area contributed by atoms with Crippen molar-refractivity contribution in [3.63, 3.8) is 0 Å². The molecule has 0 spiro atoms. The lowest BCUT2D eigenvalue weighted by molar-refractivity contribution is -0.132. The predicted octanol–water partition coefficient (Wildman–Crippen LogP) is 8.92. The van der Waals surface area contributed by atoms with Crippen molar-refractivity contribution in [2.24, 2.45) is 42.1 Å². The highest BCUT2D eigenvalue weighted by atomic mass is 35.5. The second-order valence-corrected chi connectivity index (χ2v) is 17.5. The second kappa shape index (κ2) is 13.4. The number of carbonyl (C=O) groups excluding carboxylic acids is 4. The number of halogens is 2. The third kappa shape index (κ3) is 5.53. The number of methoxy groups -OCH3 is 1. The summed E-state index contributed by atoms with van der Waals surface area (Å²) in [5.74, 6) is -4.01. The van der Waals surface area contributed by atoms with Crippen LogP contribution < -0.4 is 14.5 Å². The topological polar surface area (TPSA) is 122 Å². The first-order valence-corrected chi connectivity index (χ1v) is 20.3. The van der Waals surface area contributed by atoms with Gasteiger partial charge >= 0.3 is 0 Å². The van der Waals surface area contributed by atoms with E-state index in [1.165, 1.54) is 23.0 Å². The molecule has 2 aromatic heterocycles. The minimum atomic E-state index is -1.24. The number of rotatable bonds is 6. The Morgan fingerprint density at radius 1 is 0.947 bits per heavy atom. The van der Waals surface area contributed by atoms with E-state index in [9.17, 15) is 19.5 Å². The number of fused-ring (bicyclic) bond motifs is 5. The Morgan fingerprint density at radius 3 is 2.49 bits per heavy atom. The van der Waals surface area contributed by atoms with Gasteiger partial charge in [-0.25, -0.2) is 9.80 Å². The number of amides is 4. The molecule has 0 radical (unpaired) electrons. The van der Waals surface area contributed by atoms with Gasteiger partial charge < -0.3 is 9.84 Å². The molecule has 13 heteroatoms. The van der Waals surface area contributed by atoms with E-state index in [4.69, 9.17) is 33.0 Å². The summed E-state index contributed by atoms with van der Waals surface area (Å²) < 4.78 is 7.97. The number of carbonyl (C=O) groups is 4. The normalized spacial score (nSPS) is 25.7. The number of benzene rings is 3. The van der Waals surface area contributed by atoms with Crippen molar-refractivity contribution in [3.8, 4) is 22.1 Å². The van der Waals surface area contributed by atoms with Crippen molar-refractivity contribution < 1.29 is 29.0 Å². The standard InChI is InChI=1S/C44H38Cl2N4O6S/c1-21-6-10-25(18-32(21)46)49-40(52)27-12-11-26-29(38(27)42(49)54)19-31-41(53)50(43(55)44(31,3)30(26)13-7-23-8-14-34(51)35(16-23)56-5)37-20-33(47-48(37)4)39-22(2)28-17-24(45)9-15-36(28)57-39/h6-11,13-18,20,27,29-31,38,51H,12,19H2,1-5H3. The Hall–Kier alpha value is -5.23. The largest absolute Gasteiger partial charge is 0.504 e. The smallest absolute Gasteiger partial charge is 0.242 e. The van der Waals surface area contributed by atoms with Gasteiger partial charge in [-0.05, 0) is 104 Å². The molecule has 57 heavy (non-hydrogen) atoms. The van der Waals surface area contributed by atoms with E-state index in [-0.39, 0.29) is 41.5 Å². The van der Waals surface area contributed by atoms with Gasteiger partial charge in [0.2, 0.25) is 23.6 Å². The van der Waals surface area contributed by atoms with Gasteiger partial charge in [0.25, 0.3) is 0 Å². The fourth-order valence-corrected chi connectivity index (χ4v) is 11.1.